The van der Waals surface area contributed by atoms with Crippen molar-refractivity contribution in [2.75, 3.05) is 5.32 Å². The quantitative estimate of drug-likeness (QED) is 0.894. The van der Waals surface area contributed by atoms with Gasteiger partial charge in [0.25, 0.3) is 0 Å². The van der Waals surface area contributed by atoms with Crippen molar-refractivity contribution in [1.29, 1.82) is 0 Å². The molecule has 94 valence electrons. The molecule has 0 atom stereocenters. The normalized spacial score (nSPS) is 10.1. The third-order valence-electron chi connectivity index (χ3n) is 2.43. The van der Waals surface area contributed by atoms with Crippen LogP contribution in [0.5, 0.6) is 0 Å². The van der Waals surface area contributed by atoms with Gasteiger partial charge in [0, 0.05) is 30.2 Å². The van der Waals surface area contributed by atoms with Crippen LogP contribution in [-0.4, -0.2) is 15.6 Å². The van der Waals surface area contributed by atoms with Crippen LogP contribution in [0.2, 0.25) is 5.02 Å². The molecule has 5 nitrogen and oxygen atoms in total. The van der Waals surface area contributed by atoms with Gasteiger partial charge in [0.2, 0.25) is 0 Å². The Bertz CT molecular complexity index is 535. The van der Waals surface area contributed by atoms with Gasteiger partial charge in [0.1, 0.15) is 5.82 Å². The van der Waals surface area contributed by atoms with E-state index in [-0.39, 0.29) is 6.03 Å². The van der Waals surface area contributed by atoms with Crippen molar-refractivity contribution in [2.45, 2.75) is 6.54 Å². The minimum absolute atomic E-state index is 0.277. The largest absolute Gasteiger partial charge is 0.337 e. The molecule has 0 fully saturated rings. The van der Waals surface area contributed by atoms with Crippen LogP contribution < -0.4 is 10.6 Å². The predicted octanol–water partition coefficient (Wildman–Crippen LogP) is 2.40. The number of amides is 2. The van der Waals surface area contributed by atoms with E-state index in [0.29, 0.717) is 17.3 Å². The number of carbonyl (C=O) groups is 1. The zero-order chi connectivity index (χ0) is 13.0. The number of nitrogens with zero attached hydrogens (tertiary/aromatic N) is 2. The fourth-order valence-corrected chi connectivity index (χ4v) is 1.56. The van der Waals surface area contributed by atoms with Crippen molar-refractivity contribution in [3.63, 3.8) is 0 Å². The lowest BCUT2D eigenvalue weighted by Gasteiger charge is -2.07. The number of benzene rings is 1. The number of hydrogen-bond acceptors (Lipinski definition) is 2. The van der Waals surface area contributed by atoms with E-state index in [2.05, 4.69) is 15.6 Å². The highest BCUT2D eigenvalue weighted by Gasteiger charge is 2.03. The number of aromatic nitrogens is 2. The average Bonchev–Trinajstić information content (AvgIpc) is 2.75. The number of aryl methyl sites for hydroxylation is 1. The summed E-state index contributed by atoms with van der Waals surface area (Å²) in [6.45, 7) is 0.378. The summed E-state index contributed by atoms with van der Waals surface area (Å²) in [5.74, 6) is 0.793. The molecule has 0 aliphatic carbocycles. The van der Waals surface area contributed by atoms with Gasteiger partial charge in [-0.05, 0) is 24.3 Å². The summed E-state index contributed by atoms with van der Waals surface area (Å²) in [7, 11) is 1.88. The highest BCUT2D eigenvalue weighted by atomic mass is 35.5. The second-order valence-electron chi connectivity index (χ2n) is 3.77. The fraction of sp³-hybridized carbons (Fsp3) is 0.167. The van der Waals surface area contributed by atoms with Gasteiger partial charge in [0.15, 0.2) is 0 Å². The van der Waals surface area contributed by atoms with Crippen molar-refractivity contribution in [3.8, 4) is 0 Å². The van der Waals surface area contributed by atoms with Crippen LogP contribution in [0.3, 0.4) is 0 Å². The fourth-order valence-electron chi connectivity index (χ4n) is 1.43. The molecule has 0 aliphatic heterocycles. The Morgan fingerprint density at radius 3 is 2.72 bits per heavy atom. The number of imidazole rings is 1. The molecule has 0 radical (unpaired) electrons. The van der Waals surface area contributed by atoms with Gasteiger partial charge in [-0.25, -0.2) is 9.78 Å². The molecule has 2 aromatic rings. The van der Waals surface area contributed by atoms with E-state index < -0.39 is 0 Å². The topological polar surface area (TPSA) is 59.0 Å². The molecule has 18 heavy (non-hydrogen) atoms. The minimum Gasteiger partial charge on any atom is -0.337 e. The minimum atomic E-state index is -0.277. The lowest BCUT2D eigenvalue weighted by atomic mass is 10.3. The summed E-state index contributed by atoms with van der Waals surface area (Å²) < 4.78 is 1.85. The molecule has 1 aromatic carbocycles. The van der Waals surface area contributed by atoms with Crippen LogP contribution in [0, 0.1) is 0 Å². The molecule has 0 saturated carbocycles. The average molecular weight is 265 g/mol. The maximum Gasteiger partial charge on any atom is 0.319 e. The summed E-state index contributed by atoms with van der Waals surface area (Å²) in [6, 6.07) is 6.64. The Hall–Kier alpha value is -2.01. The third kappa shape index (κ3) is 3.24. The molecule has 0 saturated heterocycles. The molecule has 0 spiro atoms. The molecule has 1 aromatic heterocycles. The smallest absolute Gasteiger partial charge is 0.319 e. The first-order valence-electron chi connectivity index (χ1n) is 5.42. The molecule has 0 aliphatic rings. The van der Waals surface area contributed by atoms with Crippen molar-refractivity contribution in [2.24, 2.45) is 7.05 Å². The number of anilines is 1. The standard InChI is InChI=1S/C12H13ClN4O/c1-17-7-6-14-11(17)8-15-12(18)16-10-4-2-9(13)3-5-10/h2-7H,8H2,1H3,(H2,15,16,18). The van der Waals surface area contributed by atoms with E-state index in [1.54, 1.807) is 30.5 Å². The van der Waals surface area contributed by atoms with Crippen LogP contribution in [0.25, 0.3) is 0 Å². The summed E-state index contributed by atoms with van der Waals surface area (Å²) in [6.07, 6.45) is 3.52. The van der Waals surface area contributed by atoms with E-state index in [1.807, 2.05) is 17.8 Å². The summed E-state index contributed by atoms with van der Waals surface area (Å²) in [5, 5.41) is 6.06. The molecule has 0 unspecified atom stereocenters. The second kappa shape index (κ2) is 5.55. The van der Waals surface area contributed by atoms with Crippen molar-refractivity contribution in [1.82, 2.24) is 14.9 Å². The van der Waals surface area contributed by atoms with E-state index in [9.17, 15) is 4.79 Å². The van der Waals surface area contributed by atoms with Gasteiger partial charge in [0.05, 0.1) is 6.54 Å². The highest BCUT2D eigenvalue weighted by molar-refractivity contribution is 6.30. The third-order valence-corrected chi connectivity index (χ3v) is 2.68. The predicted molar refractivity (Wildman–Crippen MR) is 70.5 cm³/mol. The van der Waals surface area contributed by atoms with Crippen molar-refractivity contribution in [3.05, 3.63) is 47.5 Å². The number of rotatable bonds is 3. The molecule has 1 heterocycles. The van der Waals surface area contributed by atoms with Crippen LogP contribution >= 0.6 is 11.6 Å². The van der Waals surface area contributed by atoms with Crippen LogP contribution in [0.4, 0.5) is 10.5 Å². The molecular weight excluding hydrogens is 252 g/mol. The number of hydrogen-bond donors (Lipinski definition) is 2. The lowest BCUT2D eigenvalue weighted by Crippen LogP contribution is -2.29. The van der Waals surface area contributed by atoms with Crippen molar-refractivity contribution < 1.29 is 4.79 Å². The molecule has 0 bridgehead atoms. The Balaban J connectivity index is 1.86. The van der Waals surface area contributed by atoms with E-state index in [4.69, 9.17) is 11.6 Å². The van der Waals surface area contributed by atoms with E-state index in [1.165, 1.54) is 0 Å². The van der Waals surface area contributed by atoms with Crippen LogP contribution in [0.1, 0.15) is 5.82 Å². The van der Waals surface area contributed by atoms with E-state index in [0.717, 1.165) is 5.82 Å². The zero-order valence-corrected chi connectivity index (χ0v) is 10.6. The first-order valence-corrected chi connectivity index (χ1v) is 5.79. The van der Waals surface area contributed by atoms with Gasteiger partial charge in [-0.15, -0.1) is 0 Å². The molecular formula is C12H13ClN4O. The maximum atomic E-state index is 11.6. The first kappa shape index (κ1) is 12.4. The summed E-state index contributed by atoms with van der Waals surface area (Å²) in [5.41, 5.74) is 0.691. The molecule has 2 rings (SSSR count). The summed E-state index contributed by atoms with van der Waals surface area (Å²) >= 11 is 5.75. The molecule has 2 N–H and O–H groups in total. The van der Waals surface area contributed by atoms with Crippen LogP contribution in [0.15, 0.2) is 36.7 Å². The van der Waals surface area contributed by atoms with Gasteiger partial charge >= 0.3 is 6.03 Å². The SMILES string of the molecule is Cn1ccnc1CNC(=O)Nc1ccc(Cl)cc1. The Morgan fingerprint density at radius 1 is 1.39 bits per heavy atom. The van der Waals surface area contributed by atoms with E-state index >= 15 is 0 Å². The Morgan fingerprint density at radius 2 is 2.11 bits per heavy atom. The lowest BCUT2D eigenvalue weighted by molar-refractivity contribution is 0.251. The Kier molecular flexibility index (Phi) is 3.84. The van der Waals surface area contributed by atoms with Gasteiger partial charge in [-0.1, -0.05) is 11.6 Å². The maximum absolute atomic E-state index is 11.6. The number of nitrogens with one attached hydrogen (secondary N) is 2. The van der Waals surface area contributed by atoms with Crippen LogP contribution in [-0.2, 0) is 13.6 Å². The molecule has 6 heteroatoms. The van der Waals surface area contributed by atoms with Crippen molar-refractivity contribution >= 4 is 23.3 Å². The number of carbonyl (C=O) groups excluding carboxylic acids is 1. The van der Waals surface area contributed by atoms with Gasteiger partial charge in [-0.2, -0.15) is 0 Å². The number of halogens is 1. The first-order chi connectivity index (χ1) is 8.65. The number of urea groups is 1. The Labute approximate surface area is 110 Å². The second-order valence-corrected chi connectivity index (χ2v) is 4.21. The van der Waals surface area contributed by atoms with Gasteiger partial charge < -0.3 is 15.2 Å². The monoisotopic (exact) mass is 264 g/mol. The van der Waals surface area contributed by atoms with Gasteiger partial charge in [-0.3, -0.25) is 0 Å². The summed E-state index contributed by atoms with van der Waals surface area (Å²) in [4.78, 5) is 15.7. The molecule has 2 amide bonds. The zero-order valence-electron chi connectivity index (χ0n) is 9.85. The highest BCUT2D eigenvalue weighted by Crippen LogP contribution is 2.13.